The number of thiazole rings is 1. The summed E-state index contributed by atoms with van der Waals surface area (Å²) in [5.74, 6) is 0.394. The van der Waals surface area contributed by atoms with Crippen LogP contribution in [0.3, 0.4) is 0 Å². The molecule has 3 aromatic rings. The number of nitrogens with two attached hydrogens (primary N) is 1. The van der Waals surface area contributed by atoms with E-state index < -0.39 is 35.7 Å². The Morgan fingerprint density at radius 3 is 2.74 bits per heavy atom. The molecule has 248 valence electrons. The number of benzene rings is 1. The zero-order valence-electron chi connectivity index (χ0n) is 26.4. The number of aldehydes is 1. The second kappa shape index (κ2) is 13.1. The normalized spacial score (nSPS) is 25.5. The van der Waals surface area contributed by atoms with Gasteiger partial charge in [-0.25, -0.2) is 19.6 Å². The Kier molecular flexibility index (Phi) is 9.12. The third-order valence-corrected chi connectivity index (χ3v) is 10.3. The first-order valence-corrected chi connectivity index (χ1v) is 16.9. The van der Waals surface area contributed by atoms with Crippen molar-refractivity contribution in [3.63, 3.8) is 0 Å². The summed E-state index contributed by atoms with van der Waals surface area (Å²) >= 11 is 8.20. The molecule has 2 aliphatic heterocycles. The minimum atomic E-state index is -1.05. The van der Waals surface area contributed by atoms with E-state index in [4.69, 9.17) is 36.8 Å². The summed E-state index contributed by atoms with van der Waals surface area (Å²) in [6, 6.07) is 2.77. The molecule has 2 fully saturated rings. The van der Waals surface area contributed by atoms with Crippen LogP contribution in [0.15, 0.2) is 35.7 Å². The van der Waals surface area contributed by atoms with Gasteiger partial charge in [-0.15, -0.1) is 11.3 Å². The molecule has 3 aliphatic rings. The Labute approximate surface area is 281 Å². The molecule has 1 saturated carbocycles. The Bertz CT molecular complexity index is 1760. The number of fused-ring (bicyclic) bond motifs is 3. The van der Waals surface area contributed by atoms with Crippen LogP contribution < -0.4 is 20.5 Å². The number of hydrogen-bond acceptors (Lipinski definition) is 9. The van der Waals surface area contributed by atoms with Crippen molar-refractivity contribution >= 4 is 58.1 Å². The number of amides is 5. The van der Waals surface area contributed by atoms with Gasteiger partial charge < -0.3 is 30.2 Å². The highest BCUT2D eigenvalue weighted by molar-refractivity contribution is 7.13. The van der Waals surface area contributed by atoms with E-state index in [1.165, 1.54) is 23.3 Å². The topological polar surface area (TPSA) is 157 Å². The number of halogens is 1. The van der Waals surface area contributed by atoms with Crippen LogP contribution in [0.1, 0.15) is 57.6 Å². The molecule has 12 nitrogen and oxygen atoms in total. The van der Waals surface area contributed by atoms with Gasteiger partial charge in [-0.2, -0.15) is 0 Å². The molecule has 0 bridgehead atoms. The van der Waals surface area contributed by atoms with Crippen molar-refractivity contribution in [1.29, 1.82) is 0 Å². The van der Waals surface area contributed by atoms with E-state index >= 15 is 0 Å². The van der Waals surface area contributed by atoms with Gasteiger partial charge in [0.25, 0.3) is 5.91 Å². The summed E-state index contributed by atoms with van der Waals surface area (Å²) in [7, 11) is 1.52. The maximum absolute atomic E-state index is 13.9. The van der Waals surface area contributed by atoms with Gasteiger partial charge in [0.15, 0.2) is 0 Å². The van der Waals surface area contributed by atoms with E-state index in [1.54, 1.807) is 18.2 Å². The maximum Gasteiger partial charge on any atom is 0.321 e. The van der Waals surface area contributed by atoms with Gasteiger partial charge in [-0.05, 0) is 43.7 Å². The molecule has 47 heavy (non-hydrogen) atoms. The smallest absolute Gasteiger partial charge is 0.321 e. The number of carbonyl (C=O) groups excluding carboxylic acids is 4. The van der Waals surface area contributed by atoms with Crippen molar-refractivity contribution in [2.45, 2.75) is 69.6 Å². The molecule has 4 heterocycles. The third-order valence-electron chi connectivity index (χ3n) is 9.01. The lowest BCUT2D eigenvalue weighted by Crippen LogP contribution is -2.55. The van der Waals surface area contributed by atoms with E-state index in [0.717, 1.165) is 23.3 Å². The molecule has 1 aliphatic carbocycles. The van der Waals surface area contributed by atoms with Gasteiger partial charge in [0.2, 0.25) is 0 Å². The molecule has 4 atom stereocenters. The van der Waals surface area contributed by atoms with Crippen LogP contribution in [-0.4, -0.2) is 81.9 Å². The zero-order valence-corrected chi connectivity index (χ0v) is 28.0. The Hall–Kier alpha value is -4.23. The monoisotopic (exact) mass is 680 g/mol. The largest absolute Gasteiger partial charge is 0.495 e. The molecule has 1 aromatic carbocycles. The van der Waals surface area contributed by atoms with Crippen molar-refractivity contribution < 1.29 is 28.7 Å². The molecule has 6 rings (SSSR count). The Morgan fingerprint density at radius 1 is 1.23 bits per heavy atom. The quantitative estimate of drug-likeness (QED) is 0.263. The number of carbonyl (C=O) groups is 4. The van der Waals surface area contributed by atoms with Gasteiger partial charge in [-0.3, -0.25) is 9.69 Å². The highest BCUT2D eigenvalue weighted by Crippen LogP contribution is 2.44. The summed E-state index contributed by atoms with van der Waals surface area (Å²) in [4.78, 5) is 64.1. The first-order valence-electron chi connectivity index (χ1n) is 15.7. The van der Waals surface area contributed by atoms with Crippen molar-refractivity contribution in [2.75, 3.05) is 20.2 Å². The van der Waals surface area contributed by atoms with Crippen LogP contribution in [0, 0.1) is 5.92 Å². The van der Waals surface area contributed by atoms with Crippen LogP contribution in [0.25, 0.3) is 21.6 Å². The van der Waals surface area contributed by atoms with E-state index in [-0.39, 0.29) is 31.3 Å². The summed E-state index contributed by atoms with van der Waals surface area (Å²) in [5.41, 5.74) is 6.54. The number of nitrogens with zero attached hydrogens (tertiary/aromatic N) is 4. The average Bonchev–Trinajstić information content (AvgIpc) is 3.35. The lowest BCUT2D eigenvalue weighted by molar-refractivity contribution is -0.132. The van der Waals surface area contributed by atoms with E-state index in [9.17, 15) is 19.2 Å². The molecule has 14 heteroatoms. The van der Waals surface area contributed by atoms with Crippen LogP contribution >= 0.6 is 22.9 Å². The number of rotatable bonds is 6. The lowest BCUT2D eigenvalue weighted by atomic mass is 10.1. The van der Waals surface area contributed by atoms with Crippen LogP contribution in [-0.2, 0) is 9.59 Å². The first-order chi connectivity index (χ1) is 22.5. The number of ether oxygens (including phenoxy) is 2. The highest BCUT2D eigenvalue weighted by atomic mass is 35.5. The van der Waals surface area contributed by atoms with Gasteiger partial charge >= 0.3 is 12.1 Å². The predicted molar refractivity (Wildman–Crippen MR) is 178 cm³/mol. The molecule has 2 aromatic heterocycles. The Morgan fingerprint density at radius 2 is 2.04 bits per heavy atom. The fourth-order valence-corrected chi connectivity index (χ4v) is 7.41. The minimum Gasteiger partial charge on any atom is -0.495 e. The molecule has 0 unspecified atom stereocenters. The van der Waals surface area contributed by atoms with Crippen LogP contribution in [0.4, 0.5) is 9.59 Å². The predicted octanol–water partition coefficient (Wildman–Crippen LogP) is 5.28. The molecular formula is C33H37ClN6O6S. The first kappa shape index (κ1) is 32.7. The van der Waals surface area contributed by atoms with E-state index in [2.05, 4.69) is 19.2 Å². The standard InChI is InChI=1S/C33H37ClN6O6S/c1-18(2)23-16-47-29(37-23)22-13-26(21-9-10-25(45-3)27(34)28(21)36-22)46-20-12-24-30(42)39(31(35)43)11-7-5-4-6-8-19-14-33(19,17-41)38-32(44)40(24)15-20/h6,8-10,13,16-20,24H,4-5,7,11-12,14-15H2,1-3H3,(H2,35,43)(H,38,44)/b8-6-/t19-,20+,24+,33+/m1/s1. The second-order valence-electron chi connectivity index (χ2n) is 12.5. The minimum absolute atomic E-state index is 0.0159. The number of hydrogen-bond donors (Lipinski definition) is 2. The maximum atomic E-state index is 13.9. The molecule has 0 radical (unpaired) electrons. The number of pyridine rings is 1. The summed E-state index contributed by atoms with van der Waals surface area (Å²) in [6.45, 7) is 4.27. The molecular weight excluding hydrogens is 644 g/mol. The third kappa shape index (κ3) is 6.38. The van der Waals surface area contributed by atoms with Gasteiger partial charge in [0.05, 0.1) is 24.9 Å². The number of primary amides is 1. The van der Waals surface area contributed by atoms with Crippen molar-refractivity contribution in [1.82, 2.24) is 25.1 Å². The molecule has 1 saturated heterocycles. The van der Waals surface area contributed by atoms with Gasteiger partial charge in [0, 0.05) is 35.7 Å². The number of methoxy groups -OCH3 is 1. The van der Waals surface area contributed by atoms with Gasteiger partial charge in [0.1, 0.15) is 51.2 Å². The Balaban J connectivity index is 1.36. The van der Waals surface area contributed by atoms with Crippen molar-refractivity contribution in [2.24, 2.45) is 11.7 Å². The molecule has 3 N–H and O–H groups in total. The summed E-state index contributed by atoms with van der Waals surface area (Å²) < 4.78 is 12.0. The number of allylic oxidation sites excluding steroid dienone is 1. The number of urea groups is 2. The van der Waals surface area contributed by atoms with Crippen LogP contribution in [0.2, 0.25) is 5.02 Å². The van der Waals surface area contributed by atoms with E-state index in [0.29, 0.717) is 57.4 Å². The van der Waals surface area contributed by atoms with Crippen molar-refractivity contribution in [3.05, 3.63) is 46.4 Å². The molecule has 0 spiro atoms. The lowest BCUT2D eigenvalue weighted by Gasteiger charge is -2.29. The number of aromatic nitrogens is 2. The highest BCUT2D eigenvalue weighted by Gasteiger charge is 2.56. The average molecular weight is 681 g/mol. The zero-order chi connectivity index (χ0) is 33.5. The van der Waals surface area contributed by atoms with Crippen molar-refractivity contribution in [3.8, 4) is 22.2 Å². The summed E-state index contributed by atoms with van der Waals surface area (Å²) in [6.07, 6.45) is 6.56. The number of imide groups is 1. The fraction of sp³-hybridized carbons (Fsp3) is 0.455. The van der Waals surface area contributed by atoms with E-state index in [1.807, 2.05) is 17.5 Å². The number of nitrogens with one attached hydrogen (secondary N) is 1. The molecule has 5 amide bonds. The van der Waals surface area contributed by atoms with Gasteiger partial charge in [-0.1, -0.05) is 37.6 Å². The summed E-state index contributed by atoms with van der Waals surface area (Å²) in [5, 5.41) is 6.44. The SMILES string of the molecule is COc1ccc2c(O[C@H]3C[C@H]4C(=O)N(C(N)=O)CCCC/C=C\[C@@H]5C[C@@]5(C=O)NC(=O)N4C3)cc(-c3nc(C(C)C)cs3)nc2c1Cl. The second-order valence-corrected chi connectivity index (χ2v) is 13.7. The van der Waals surface area contributed by atoms with Crippen LogP contribution in [0.5, 0.6) is 11.5 Å². The fourth-order valence-electron chi connectivity index (χ4n) is 6.19.